The summed E-state index contributed by atoms with van der Waals surface area (Å²) in [5.74, 6) is -3.26. The summed E-state index contributed by atoms with van der Waals surface area (Å²) in [4.78, 5) is 60.5. The number of aliphatic imine (C=N–C) groups is 1. The highest BCUT2D eigenvalue weighted by Gasteiger charge is 2.64. The molecule has 18 heteroatoms. The molecule has 62 heavy (non-hydrogen) atoms. The highest BCUT2D eigenvalue weighted by Crippen LogP contribution is 2.44. The monoisotopic (exact) mass is 855 g/mol. The number of carbonyl (C=O) groups excluding carboxylic acids is 2. The maximum absolute atomic E-state index is 13.6. The highest BCUT2D eigenvalue weighted by molar-refractivity contribution is 5.98. The van der Waals surface area contributed by atoms with Crippen molar-refractivity contribution in [1.29, 1.82) is 0 Å². The van der Waals surface area contributed by atoms with E-state index in [2.05, 4.69) is 10.3 Å². The van der Waals surface area contributed by atoms with Crippen molar-refractivity contribution in [1.82, 2.24) is 10.4 Å². The van der Waals surface area contributed by atoms with Crippen LogP contribution in [0.25, 0.3) is 27.8 Å². The van der Waals surface area contributed by atoms with Crippen LogP contribution in [0.5, 0.6) is 11.5 Å². The standard InChI is InChI=1S/C44H45N3O15/c1-4-32(50)44(57)38(52)37(42(56)61-41(55)34(40(53)54)45-13-5-15-48)60-43(39(44)62-47-20-25-12-14-46-33(25)35(47)26-17-22(2)16-23(3)18-26)59-28-10-11-29-31(19-28)58-21-30(36(29)51)24-6-8-27(49)9-7-24/h6-12,14-19,21,32,34,37-39,42-43,45,49-50,52,56-57H,4-5,13,20H2,1-3H3,(H,53,54)/t32-,34+,37+,38-,39+,42-,43-,44+/m0/s1. The Kier molecular flexibility index (Phi) is 12.7. The van der Waals surface area contributed by atoms with Crippen LogP contribution in [-0.4, -0.2) is 122 Å². The Morgan fingerprint density at radius 2 is 1.79 bits per heavy atom. The predicted octanol–water partition coefficient (Wildman–Crippen LogP) is 2.24. The molecular formula is C44H45N3O15. The van der Waals surface area contributed by atoms with E-state index in [0.717, 1.165) is 16.7 Å². The number of aliphatic carboxylic acids is 1. The number of aliphatic hydroxyl groups is 4. The van der Waals surface area contributed by atoms with Gasteiger partial charge in [0, 0.05) is 36.4 Å². The Bertz CT molecular complexity index is 2500. The minimum atomic E-state index is -2.79. The molecule has 0 saturated carbocycles. The molecule has 1 fully saturated rings. The lowest BCUT2D eigenvalue weighted by Gasteiger charge is -2.52. The van der Waals surface area contributed by atoms with Gasteiger partial charge in [-0.05, 0) is 68.3 Å². The van der Waals surface area contributed by atoms with Crippen molar-refractivity contribution in [2.24, 2.45) is 4.99 Å². The number of ether oxygens (including phenoxy) is 3. The molecule has 4 aromatic rings. The van der Waals surface area contributed by atoms with Crippen molar-refractivity contribution >= 4 is 41.1 Å². The summed E-state index contributed by atoms with van der Waals surface area (Å²) in [6.45, 7) is 5.19. The summed E-state index contributed by atoms with van der Waals surface area (Å²) in [5, 5.41) is 70.8. The van der Waals surface area contributed by atoms with E-state index in [1.165, 1.54) is 48.6 Å². The number of phenols is 1. The maximum atomic E-state index is 13.6. The number of phenolic OH excluding ortho intramolecular Hbond substituents is 1. The van der Waals surface area contributed by atoms with Crippen LogP contribution in [0, 0.1) is 13.8 Å². The Labute approximate surface area is 353 Å². The Balaban J connectivity index is 1.28. The van der Waals surface area contributed by atoms with Gasteiger partial charge < -0.3 is 54.1 Å². The van der Waals surface area contributed by atoms with E-state index < -0.39 is 66.0 Å². The van der Waals surface area contributed by atoms with E-state index in [9.17, 15) is 49.8 Å². The van der Waals surface area contributed by atoms with Crippen molar-refractivity contribution in [2.45, 2.75) is 82.3 Å². The molecule has 1 saturated heterocycles. The number of esters is 1. The number of aryl methyl sites for hydroxylation is 2. The van der Waals surface area contributed by atoms with E-state index >= 15 is 0 Å². The molecule has 18 nitrogen and oxygen atoms in total. The van der Waals surface area contributed by atoms with Crippen molar-refractivity contribution in [3.05, 3.63) is 111 Å². The Morgan fingerprint density at radius 3 is 2.47 bits per heavy atom. The van der Waals surface area contributed by atoms with Crippen molar-refractivity contribution in [3.8, 4) is 22.6 Å². The molecule has 7 rings (SSSR count). The number of hydroxylamine groups is 2. The van der Waals surface area contributed by atoms with Gasteiger partial charge in [0.05, 0.1) is 35.0 Å². The molecule has 4 heterocycles. The second kappa shape index (κ2) is 18.0. The lowest BCUT2D eigenvalue weighted by atomic mass is 9.78. The summed E-state index contributed by atoms with van der Waals surface area (Å²) in [5.41, 5.74) is 1.90. The Hall–Kier alpha value is -6.25. The molecule has 0 radical (unpaired) electrons. The van der Waals surface area contributed by atoms with Crippen LogP contribution < -0.4 is 15.5 Å². The smallest absolute Gasteiger partial charge is 0.337 e. The molecule has 0 amide bonds. The number of aromatic hydroxyl groups is 1. The number of allylic oxidation sites excluding steroid dienone is 1. The van der Waals surface area contributed by atoms with Crippen molar-refractivity contribution in [2.75, 3.05) is 13.1 Å². The van der Waals surface area contributed by atoms with Crippen molar-refractivity contribution in [3.63, 3.8) is 0 Å². The first-order valence-corrected chi connectivity index (χ1v) is 19.7. The number of nitrogens with zero attached hydrogens (tertiary/aromatic N) is 2. The largest absolute Gasteiger partial charge is 0.508 e. The summed E-state index contributed by atoms with van der Waals surface area (Å²) in [7, 11) is 0. The number of aldehydes is 1. The normalized spacial score (nSPS) is 23.5. The molecule has 1 aromatic heterocycles. The molecule has 326 valence electrons. The third-order valence-electron chi connectivity index (χ3n) is 10.8. The first-order valence-electron chi connectivity index (χ1n) is 19.7. The molecule has 3 aliphatic heterocycles. The fourth-order valence-corrected chi connectivity index (χ4v) is 7.75. The highest BCUT2D eigenvalue weighted by atomic mass is 16.8. The summed E-state index contributed by atoms with van der Waals surface area (Å²) >= 11 is 0. The van der Waals surface area contributed by atoms with Crippen LogP contribution in [-0.2, 0) is 28.7 Å². The number of nitrogens with one attached hydrogen (secondary N) is 1. The van der Waals surface area contributed by atoms with Crippen LogP contribution in [0.4, 0.5) is 0 Å². The SMILES string of the molecule is CC[C@H](O)[C@]1(O)[C@H](ON2CC3=CC=NC3=C2c2cc(C)cc(C)c2)[C@@H](Oc2ccc3c(=O)c(-c4ccc(O)cc4)coc3c2)O[C@@H]([C@@H](O)OC(=O)[C@H](NCCC=O)C(=O)O)[C@@H]1O. The van der Waals surface area contributed by atoms with Crippen LogP contribution in [0.2, 0.25) is 0 Å². The molecular weight excluding hydrogens is 810 g/mol. The molecule has 7 N–H and O–H groups in total. The molecule has 0 spiro atoms. The number of rotatable bonds is 16. The summed E-state index contributed by atoms with van der Waals surface area (Å²) in [6.07, 6.45) is -7.67. The summed E-state index contributed by atoms with van der Waals surface area (Å²) in [6, 6.07) is 13.8. The predicted molar refractivity (Wildman–Crippen MR) is 219 cm³/mol. The fourth-order valence-electron chi connectivity index (χ4n) is 7.75. The zero-order valence-corrected chi connectivity index (χ0v) is 33.7. The number of benzene rings is 3. The molecule has 8 atom stereocenters. The van der Waals surface area contributed by atoms with E-state index in [-0.39, 0.29) is 54.0 Å². The van der Waals surface area contributed by atoms with Gasteiger partial charge in [0.2, 0.25) is 18.6 Å². The van der Waals surface area contributed by atoms with Gasteiger partial charge in [-0.1, -0.05) is 36.2 Å². The minimum Gasteiger partial charge on any atom is -0.508 e. The average Bonchev–Trinajstić information content (AvgIpc) is 3.83. The molecule has 0 bridgehead atoms. The van der Waals surface area contributed by atoms with Gasteiger partial charge in [0.15, 0.2) is 23.2 Å². The minimum absolute atomic E-state index is 0.00980. The van der Waals surface area contributed by atoms with Gasteiger partial charge in [-0.15, -0.1) is 0 Å². The number of carbonyl (C=O) groups is 3. The lowest BCUT2D eigenvalue weighted by molar-refractivity contribution is -0.384. The number of hydrogen-bond donors (Lipinski definition) is 7. The van der Waals surface area contributed by atoms with E-state index in [4.69, 9.17) is 23.5 Å². The third kappa shape index (κ3) is 8.49. The van der Waals surface area contributed by atoms with E-state index in [1.54, 1.807) is 24.4 Å². The van der Waals surface area contributed by atoms with Gasteiger partial charge in [0.1, 0.15) is 35.7 Å². The van der Waals surface area contributed by atoms with Gasteiger partial charge in [-0.25, -0.2) is 14.7 Å². The zero-order valence-electron chi connectivity index (χ0n) is 33.7. The molecule has 3 aromatic carbocycles. The number of carboxylic acid groups (broad SMARTS) is 1. The zero-order chi connectivity index (χ0) is 44.5. The topological polar surface area (TPSA) is 267 Å². The molecule has 3 aliphatic rings. The Morgan fingerprint density at radius 1 is 1.06 bits per heavy atom. The van der Waals surface area contributed by atoms with Crippen molar-refractivity contribution < 1.29 is 68.5 Å². The van der Waals surface area contributed by atoms with E-state index in [1.807, 2.05) is 32.0 Å². The second-order valence-corrected chi connectivity index (χ2v) is 15.1. The number of aliphatic hydroxyl groups excluding tert-OH is 3. The number of carboxylic acids is 1. The molecule has 0 aliphatic carbocycles. The maximum Gasteiger partial charge on any atom is 0.337 e. The van der Waals surface area contributed by atoms with Gasteiger partial charge in [-0.3, -0.25) is 19.9 Å². The first-order chi connectivity index (χ1) is 29.6. The van der Waals surface area contributed by atoms with Gasteiger partial charge in [0.25, 0.3) is 0 Å². The fraction of sp³-hybridized carbons (Fsp3) is 0.341. The van der Waals surface area contributed by atoms with Crippen LogP contribution in [0.1, 0.15) is 36.5 Å². The number of hydrogen-bond acceptors (Lipinski definition) is 17. The van der Waals surface area contributed by atoms with Crippen LogP contribution in [0.3, 0.4) is 0 Å². The lowest BCUT2D eigenvalue weighted by Crippen LogP contribution is -2.74. The number of fused-ring (bicyclic) bond motifs is 2. The van der Waals surface area contributed by atoms with Crippen LogP contribution >= 0.6 is 0 Å². The van der Waals surface area contributed by atoms with Gasteiger partial charge in [-0.2, -0.15) is 0 Å². The average molecular weight is 856 g/mol. The van der Waals surface area contributed by atoms with Crippen LogP contribution in [0.15, 0.2) is 98.5 Å². The first kappa shape index (κ1) is 43.8. The molecule has 0 unspecified atom stereocenters. The van der Waals surface area contributed by atoms with Gasteiger partial charge >= 0.3 is 11.9 Å². The summed E-state index contributed by atoms with van der Waals surface area (Å²) < 4.78 is 23.3. The quantitative estimate of drug-likeness (QED) is 0.0280. The second-order valence-electron chi connectivity index (χ2n) is 15.1. The third-order valence-corrected chi connectivity index (χ3v) is 10.8. The van der Waals surface area contributed by atoms with E-state index in [0.29, 0.717) is 28.8 Å².